The van der Waals surface area contributed by atoms with Crippen molar-refractivity contribution in [1.29, 1.82) is 0 Å². The van der Waals surface area contributed by atoms with Crippen molar-refractivity contribution in [2.75, 3.05) is 6.54 Å². The molecule has 4 saturated carbocycles. The molecule has 2 heteroatoms. The zero-order chi connectivity index (χ0) is 12.2. The van der Waals surface area contributed by atoms with E-state index in [4.69, 9.17) is 5.73 Å². The van der Waals surface area contributed by atoms with Gasteiger partial charge in [-0.2, -0.15) is 0 Å². The number of hydrogen-bond donors (Lipinski definition) is 2. The van der Waals surface area contributed by atoms with E-state index in [0.717, 1.165) is 30.2 Å². The Labute approximate surface area is 109 Å². The lowest BCUT2D eigenvalue weighted by atomic mass is 9.44. The molecule has 4 aliphatic rings. The molecule has 1 aromatic rings. The molecule has 4 aliphatic carbocycles. The zero-order valence-electron chi connectivity index (χ0n) is 11.1. The Kier molecular flexibility index (Phi) is 2.38. The highest BCUT2D eigenvalue weighted by Crippen LogP contribution is 2.63. The third-order valence-electron chi connectivity index (χ3n) is 6.18. The van der Waals surface area contributed by atoms with Gasteiger partial charge >= 0.3 is 0 Å². The maximum absolute atomic E-state index is 5.83. The summed E-state index contributed by atoms with van der Waals surface area (Å²) in [5.41, 5.74) is 7.95. The van der Waals surface area contributed by atoms with E-state index in [0.29, 0.717) is 5.41 Å². The fourth-order valence-corrected chi connectivity index (χ4v) is 5.80. The first-order valence-electron chi connectivity index (χ1n) is 7.64. The zero-order valence-corrected chi connectivity index (χ0v) is 11.1. The van der Waals surface area contributed by atoms with Crippen LogP contribution in [0.3, 0.4) is 0 Å². The summed E-state index contributed by atoms with van der Waals surface area (Å²) < 4.78 is 0. The van der Waals surface area contributed by atoms with Crippen molar-refractivity contribution in [3.63, 3.8) is 0 Å². The van der Waals surface area contributed by atoms with Crippen LogP contribution < -0.4 is 5.73 Å². The molecule has 4 bridgehead atoms. The van der Waals surface area contributed by atoms with Crippen LogP contribution in [0, 0.1) is 23.7 Å². The maximum atomic E-state index is 5.83. The van der Waals surface area contributed by atoms with Gasteiger partial charge in [0, 0.05) is 12.4 Å². The van der Waals surface area contributed by atoms with Crippen LogP contribution in [0.1, 0.15) is 44.1 Å². The second-order valence-electron chi connectivity index (χ2n) is 7.09. The topological polar surface area (TPSA) is 41.8 Å². The predicted octanol–water partition coefficient (Wildman–Crippen LogP) is 3.06. The molecule has 2 nitrogen and oxygen atoms in total. The average Bonchev–Trinajstić information content (AvgIpc) is 2.87. The monoisotopic (exact) mass is 244 g/mol. The van der Waals surface area contributed by atoms with Gasteiger partial charge in [-0.05, 0) is 85.8 Å². The van der Waals surface area contributed by atoms with Gasteiger partial charge in [0.1, 0.15) is 0 Å². The van der Waals surface area contributed by atoms with E-state index in [9.17, 15) is 0 Å². The normalized spacial score (nSPS) is 45.6. The van der Waals surface area contributed by atoms with Gasteiger partial charge in [-0.25, -0.2) is 0 Å². The molecule has 0 amide bonds. The van der Waals surface area contributed by atoms with Crippen molar-refractivity contribution < 1.29 is 0 Å². The van der Waals surface area contributed by atoms with Gasteiger partial charge < -0.3 is 10.7 Å². The van der Waals surface area contributed by atoms with Crippen LogP contribution in [0.25, 0.3) is 0 Å². The lowest BCUT2D eigenvalue weighted by Crippen LogP contribution is -2.53. The van der Waals surface area contributed by atoms with Gasteiger partial charge in [-0.1, -0.05) is 0 Å². The molecule has 1 aromatic heterocycles. The number of hydrogen-bond acceptors (Lipinski definition) is 1. The summed E-state index contributed by atoms with van der Waals surface area (Å²) in [6, 6.07) is 2.32. The van der Waals surface area contributed by atoms with Gasteiger partial charge in [0.05, 0.1) is 0 Å². The Hall–Kier alpha value is -0.760. The second-order valence-corrected chi connectivity index (χ2v) is 7.09. The summed E-state index contributed by atoms with van der Waals surface area (Å²) in [6.07, 6.45) is 12.9. The minimum Gasteiger partial charge on any atom is -0.367 e. The molecule has 5 rings (SSSR count). The summed E-state index contributed by atoms with van der Waals surface area (Å²) >= 11 is 0. The molecule has 0 saturated heterocycles. The van der Waals surface area contributed by atoms with Crippen molar-refractivity contribution in [3.8, 4) is 0 Å². The Bertz CT molecular complexity index is 406. The summed E-state index contributed by atoms with van der Waals surface area (Å²) in [4.78, 5) is 3.27. The van der Waals surface area contributed by atoms with Crippen molar-refractivity contribution in [3.05, 3.63) is 24.0 Å². The Morgan fingerprint density at radius 1 is 1.22 bits per heavy atom. The van der Waals surface area contributed by atoms with E-state index in [2.05, 4.69) is 23.4 Å². The smallest absolute Gasteiger partial charge is 0.00430 e. The van der Waals surface area contributed by atoms with Gasteiger partial charge in [-0.15, -0.1) is 0 Å². The van der Waals surface area contributed by atoms with E-state index in [1.54, 1.807) is 5.56 Å². The highest BCUT2D eigenvalue weighted by atomic mass is 14.7. The molecule has 1 heterocycles. The SMILES string of the molecule is NCCC1C2CC3CC1CC(c1cc[nH]c1)(C3)C2. The Morgan fingerprint density at radius 3 is 2.61 bits per heavy atom. The van der Waals surface area contributed by atoms with E-state index >= 15 is 0 Å². The van der Waals surface area contributed by atoms with Gasteiger partial charge in [0.25, 0.3) is 0 Å². The average molecular weight is 244 g/mol. The molecule has 2 atom stereocenters. The molecule has 18 heavy (non-hydrogen) atoms. The number of nitrogens with two attached hydrogens (primary N) is 1. The molecule has 0 aromatic carbocycles. The van der Waals surface area contributed by atoms with E-state index in [-0.39, 0.29) is 0 Å². The number of rotatable bonds is 3. The lowest BCUT2D eigenvalue weighted by Gasteiger charge is -2.60. The molecular formula is C16H24N2. The second kappa shape index (κ2) is 3.86. The van der Waals surface area contributed by atoms with Crippen LogP contribution in [0.4, 0.5) is 0 Å². The first kappa shape index (κ1) is 11.1. The number of H-pyrrole nitrogens is 1. The quantitative estimate of drug-likeness (QED) is 0.843. The van der Waals surface area contributed by atoms with Crippen LogP contribution >= 0.6 is 0 Å². The van der Waals surface area contributed by atoms with E-state index in [1.165, 1.54) is 38.5 Å². The van der Waals surface area contributed by atoms with Crippen molar-refractivity contribution in [2.45, 2.75) is 43.9 Å². The van der Waals surface area contributed by atoms with Gasteiger partial charge in [-0.3, -0.25) is 0 Å². The van der Waals surface area contributed by atoms with Crippen LogP contribution in [-0.4, -0.2) is 11.5 Å². The standard InChI is InChI=1S/C16H24N2/c17-3-1-15-12-5-11-6-13(15)9-16(7-11,8-12)14-2-4-18-10-14/h2,4,10-13,15,18H,1,3,5-9,17H2. The third kappa shape index (κ3) is 1.45. The third-order valence-corrected chi connectivity index (χ3v) is 6.18. The Morgan fingerprint density at radius 2 is 2.00 bits per heavy atom. The summed E-state index contributed by atoms with van der Waals surface area (Å²) in [7, 11) is 0. The molecule has 3 N–H and O–H groups in total. The van der Waals surface area contributed by atoms with Crippen LogP contribution in [-0.2, 0) is 5.41 Å². The van der Waals surface area contributed by atoms with Crippen molar-refractivity contribution in [2.24, 2.45) is 29.4 Å². The summed E-state index contributed by atoms with van der Waals surface area (Å²) in [6.45, 7) is 0.888. The molecule has 0 spiro atoms. The lowest BCUT2D eigenvalue weighted by molar-refractivity contribution is -0.0580. The molecule has 2 unspecified atom stereocenters. The fraction of sp³-hybridized carbons (Fsp3) is 0.750. The summed E-state index contributed by atoms with van der Waals surface area (Å²) in [5.74, 6) is 3.88. The largest absolute Gasteiger partial charge is 0.367 e. The first-order chi connectivity index (χ1) is 8.81. The maximum Gasteiger partial charge on any atom is 0.00430 e. The molecule has 0 aliphatic heterocycles. The number of aromatic amines is 1. The fourth-order valence-electron chi connectivity index (χ4n) is 5.80. The highest BCUT2D eigenvalue weighted by molar-refractivity contribution is 5.27. The van der Waals surface area contributed by atoms with Gasteiger partial charge in [0.2, 0.25) is 0 Å². The van der Waals surface area contributed by atoms with Crippen LogP contribution in [0.15, 0.2) is 18.5 Å². The molecular weight excluding hydrogens is 220 g/mol. The van der Waals surface area contributed by atoms with E-state index < -0.39 is 0 Å². The minimum absolute atomic E-state index is 0.529. The number of aromatic nitrogens is 1. The van der Waals surface area contributed by atoms with Crippen LogP contribution in [0.5, 0.6) is 0 Å². The summed E-state index contributed by atoms with van der Waals surface area (Å²) in [5, 5.41) is 0. The first-order valence-corrected chi connectivity index (χ1v) is 7.64. The molecule has 98 valence electrons. The molecule has 4 fully saturated rings. The minimum atomic E-state index is 0.529. The molecule has 0 radical (unpaired) electrons. The van der Waals surface area contributed by atoms with E-state index in [1.807, 2.05) is 0 Å². The number of nitrogens with one attached hydrogen (secondary N) is 1. The predicted molar refractivity (Wildman–Crippen MR) is 73.2 cm³/mol. The van der Waals surface area contributed by atoms with Gasteiger partial charge in [0.15, 0.2) is 0 Å². The van der Waals surface area contributed by atoms with Crippen molar-refractivity contribution in [1.82, 2.24) is 4.98 Å². The van der Waals surface area contributed by atoms with Crippen LogP contribution in [0.2, 0.25) is 0 Å². The Balaban J connectivity index is 1.67. The highest BCUT2D eigenvalue weighted by Gasteiger charge is 2.55. The van der Waals surface area contributed by atoms with Crippen molar-refractivity contribution >= 4 is 0 Å².